The first-order valence-corrected chi connectivity index (χ1v) is 4.44. The molecule has 0 unspecified atom stereocenters. The molecule has 1 heterocycles. The molecule has 1 aromatic rings. The maximum absolute atomic E-state index is 11.2. The molecule has 0 bridgehead atoms. The summed E-state index contributed by atoms with van der Waals surface area (Å²) in [6.45, 7) is 0.922. The number of nitrogens with zero attached hydrogens (tertiary/aromatic N) is 2. The van der Waals surface area contributed by atoms with Gasteiger partial charge in [-0.25, -0.2) is 10.6 Å². The largest absolute Gasteiger partial charge is 0.465 e. The third-order valence-corrected chi connectivity index (χ3v) is 1.85. The van der Waals surface area contributed by atoms with E-state index in [-0.39, 0.29) is 0 Å². The molecule has 1 aromatic heterocycles. The standard InChI is InChI=1S/C9H14N4O2/c1-15-9(14)7-4-8(6-12-5-7)13(11)3-2-10/h4-6H,2-3,10-11H2,1H3. The predicted octanol–water partition coefficient (Wildman–Crippen LogP) is -0.493. The van der Waals surface area contributed by atoms with Crippen LogP contribution in [-0.4, -0.2) is 31.2 Å². The number of carbonyl (C=O) groups is 1. The highest BCUT2D eigenvalue weighted by Gasteiger charge is 2.08. The molecule has 0 saturated carbocycles. The van der Waals surface area contributed by atoms with Crippen molar-refractivity contribution in [2.45, 2.75) is 0 Å². The number of anilines is 1. The summed E-state index contributed by atoms with van der Waals surface area (Å²) in [6.07, 6.45) is 2.98. The van der Waals surface area contributed by atoms with E-state index in [2.05, 4.69) is 9.72 Å². The molecule has 0 aliphatic rings. The molecule has 6 nitrogen and oxygen atoms in total. The summed E-state index contributed by atoms with van der Waals surface area (Å²) in [5, 5.41) is 1.43. The lowest BCUT2D eigenvalue weighted by molar-refractivity contribution is 0.0600. The number of rotatable bonds is 4. The van der Waals surface area contributed by atoms with Gasteiger partial charge < -0.3 is 15.5 Å². The van der Waals surface area contributed by atoms with Crippen LogP contribution in [0.1, 0.15) is 10.4 Å². The summed E-state index contributed by atoms with van der Waals surface area (Å²) in [5.41, 5.74) is 6.35. The summed E-state index contributed by atoms with van der Waals surface area (Å²) in [6, 6.07) is 1.61. The average molecular weight is 210 g/mol. The van der Waals surface area contributed by atoms with Crippen molar-refractivity contribution in [1.29, 1.82) is 0 Å². The molecule has 82 valence electrons. The third-order valence-electron chi connectivity index (χ3n) is 1.85. The highest BCUT2D eigenvalue weighted by Crippen LogP contribution is 2.11. The van der Waals surface area contributed by atoms with Crippen LogP contribution in [0, 0.1) is 0 Å². The summed E-state index contributed by atoms with van der Waals surface area (Å²) < 4.78 is 4.57. The molecule has 1 rings (SSSR count). The first kappa shape index (κ1) is 11.4. The maximum Gasteiger partial charge on any atom is 0.339 e. The molecule has 15 heavy (non-hydrogen) atoms. The fourth-order valence-electron chi connectivity index (χ4n) is 1.08. The molecule has 0 atom stereocenters. The number of methoxy groups -OCH3 is 1. The summed E-state index contributed by atoms with van der Waals surface area (Å²) in [7, 11) is 1.31. The Kier molecular flexibility index (Phi) is 4.02. The van der Waals surface area contributed by atoms with E-state index in [1.54, 1.807) is 12.3 Å². The number of ether oxygens (including phenoxy) is 1. The van der Waals surface area contributed by atoms with Gasteiger partial charge in [0.2, 0.25) is 0 Å². The zero-order chi connectivity index (χ0) is 11.3. The Morgan fingerprint density at radius 2 is 2.33 bits per heavy atom. The lowest BCUT2D eigenvalue weighted by atomic mass is 10.2. The number of nitrogens with two attached hydrogens (primary N) is 2. The van der Waals surface area contributed by atoms with Gasteiger partial charge in [-0.3, -0.25) is 4.98 Å². The van der Waals surface area contributed by atoms with Gasteiger partial charge >= 0.3 is 5.97 Å². The minimum Gasteiger partial charge on any atom is -0.465 e. The van der Waals surface area contributed by atoms with Gasteiger partial charge in [0.05, 0.1) is 24.6 Å². The van der Waals surface area contributed by atoms with Crippen LogP contribution < -0.4 is 16.6 Å². The average Bonchev–Trinajstić information content (AvgIpc) is 2.28. The van der Waals surface area contributed by atoms with Crippen molar-refractivity contribution in [1.82, 2.24) is 4.98 Å². The molecule has 0 fully saturated rings. The maximum atomic E-state index is 11.2. The van der Waals surface area contributed by atoms with Crippen molar-refractivity contribution in [2.75, 3.05) is 25.2 Å². The second-order valence-corrected chi connectivity index (χ2v) is 2.91. The molecule has 0 saturated heterocycles. The molecule has 0 aromatic carbocycles. The Morgan fingerprint density at radius 1 is 1.60 bits per heavy atom. The van der Waals surface area contributed by atoms with Gasteiger partial charge in [-0.1, -0.05) is 0 Å². The lowest BCUT2D eigenvalue weighted by Gasteiger charge is -2.17. The highest BCUT2D eigenvalue weighted by molar-refractivity contribution is 5.89. The van der Waals surface area contributed by atoms with Gasteiger partial charge in [-0.05, 0) is 6.07 Å². The van der Waals surface area contributed by atoms with Crippen LogP contribution in [0.3, 0.4) is 0 Å². The number of carbonyl (C=O) groups excluding carboxylic acids is 1. The van der Waals surface area contributed by atoms with Crippen LogP contribution in [0.2, 0.25) is 0 Å². The van der Waals surface area contributed by atoms with Crippen LogP contribution >= 0.6 is 0 Å². The van der Waals surface area contributed by atoms with Crippen LogP contribution in [0.4, 0.5) is 5.69 Å². The number of hydrogen-bond acceptors (Lipinski definition) is 6. The SMILES string of the molecule is COC(=O)c1cncc(N(N)CCN)c1. The Morgan fingerprint density at radius 3 is 2.93 bits per heavy atom. The minimum atomic E-state index is -0.439. The van der Waals surface area contributed by atoms with E-state index in [9.17, 15) is 4.79 Å². The number of aromatic nitrogens is 1. The Labute approximate surface area is 87.8 Å². The van der Waals surface area contributed by atoms with Crippen LogP contribution in [0.15, 0.2) is 18.5 Å². The second kappa shape index (κ2) is 5.28. The quantitative estimate of drug-likeness (QED) is 0.395. The molecule has 0 radical (unpaired) electrons. The van der Waals surface area contributed by atoms with Gasteiger partial charge in [0.1, 0.15) is 0 Å². The lowest BCUT2D eigenvalue weighted by Crippen LogP contribution is -2.35. The molecule has 0 amide bonds. The third kappa shape index (κ3) is 2.90. The van der Waals surface area contributed by atoms with E-state index in [4.69, 9.17) is 11.6 Å². The topological polar surface area (TPSA) is 94.5 Å². The van der Waals surface area contributed by atoms with Crippen molar-refractivity contribution >= 4 is 11.7 Å². The smallest absolute Gasteiger partial charge is 0.339 e. The normalized spacial score (nSPS) is 9.80. The van der Waals surface area contributed by atoms with Gasteiger partial charge in [0, 0.05) is 19.3 Å². The number of hydrazine groups is 1. The first-order valence-electron chi connectivity index (χ1n) is 4.44. The highest BCUT2D eigenvalue weighted by atomic mass is 16.5. The van der Waals surface area contributed by atoms with E-state index >= 15 is 0 Å². The monoisotopic (exact) mass is 210 g/mol. The zero-order valence-electron chi connectivity index (χ0n) is 8.51. The zero-order valence-corrected chi connectivity index (χ0v) is 8.51. The fourth-order valence-corrected chi connectivity index (χ4v) is 1.08. The second-order valence-electron chi connectivity index (χ2n) is 2.91. The van der Waals surface area contributed by atoms with Gasteiger partial charge in [-0.2, -0.15) is 0 Å². The molecular formula is C9H14N4O2. The van der Waals surface area contributed by atoms with Crippen LogP contribution in [0.25, 0.3) is 0 Å². The summed E-state index contributed by atoms with van der Waals surface area (Å²) in [5.74, 6) is 5.24. The van der Waals surface area contributed by atoms with Crippen molar-refractivity contribution in [3.05, 3.63) is 24.0 Å². The van der Waals surface area contributed by atoms with Crippen molar-refractivity contribution in [3.63, 3.8) is 0 Å². The van der Waals surface area contributed by atoms with E-state index in [1.165, 1.54) is 18.3 Å². The first-order chi connectivity index (χ1) is 7.19. The van der Waals surface area contributed by atoms with Gasteiger partial charge in [-0.15, -0.1) is 0 Å². The molecule has 0 aliphatic carbocycles. The van der Waals surface area contributed by atoms with Crippen molar-refractivity contribution in [2.24, 2.45) is 11.6 Å². The molecule has 6 heteroatoms. The Hall–Kier alpha value is -1.66. The Bertz CT molecular complexity index is 343. The fraction of sp³-hybridized carbons (Fsp3) is 0.333. The molecule has 4 N–H and O–H groups in total. The van der Waals surface area contributed by atoms with Gasteiger partial charge in [0.15, 0.2) is 0 Å². The van der Waals surface area contributed by atoms with E-state index in [1.807, 2.05) is 0 Å². The molecule has 0 aliphatic heterocycles. The number of hydrogen-bond donors (Lipinski definition) is 2. The van der Waals surface area contributed by atoms with Crippen LogP contribution in [-0.2, 0) is 4.74 Å². The Balaban J connectivity index is 2.87. The van der Waals surface area contributed by atoms with Crippen molar-refractivity contribution in [3.8, 4) is 0 Å². The van der Waals surface area contributed by atoms with Crippen molar-refractivity contribution < 1.29 is 9.53 Å². The van der Waals surface area contributed by atoms with Gasteiger partial charge in [0.25, 0.3) is 0 Å². The minimum absolute atomic E-state index is 0.363. The van der Waals surface area contributed by atoms with Crippen LogP contribution in [0.5, 0.6) is 0 Å². The van der Waals surface area contributed by atoms with E-state index in [0.29, 0.717) is 24.3 Å². The summed E-state index contributed by atoms with van der Waals surface area (Å²) >= 11 is 0. The number of esters is 1. The molecular weight excluding hydrogens is 196 g/mol. The molecule has 0 spiro atoms. The predicted molar refractivity (Wildman–Crippen MR) is 56.2 cm³/mol. The number of pyridine rings is 1. The van der Waals surface area contributed by atoms with E-state index in [0.717, 1.165) is 0 Å². The van der Waals surface area contributed by atoms with E-state index < -0.39 is 5.97 Å². The summed E-state index contributed by atoms with van der Waals surface area (Å²) in [4.78, 5) is 15.1.